The molecular weight excluding hydrogens is 232 g/mol. The normalized spacial score (nSPS) is 17.7. The van der Waals surface area contributed by atoms with Crippen molar-refractivity contribution in [2.75, 3.05) is 6.54 Å². The number of hydrogen-bond acceptors (Lipinski definition) is 3. The summed E-state index contributed by atoms with van der Waals surface area (Å²) >= 11 is 5.99. The quantitative estimate of drug-likeness (QED) is 0.653. The lowest BCUT2D eigenvalue weighted by Crippen LogP contribution is -2.26. The number of halogens is 1. The van der Waals surface area contributed by atoms with E-state index in [2.05, 4.69) is 5.32 Å². The van der Waals surface area contributed by atoms with E-state index in [0.717, 1.165) is 0 Å². The van der Waals surface area contributed by atoms with Crippen LogP contribution in [0.3, 0.4) is 0 Å². The van der Waals surface area contributed by atoms with Crippen molar-refractivity contribution < 1.29 is 19.7 Å². The second kappa shape index (κ2) is 4.23. The zero-order valence-corrected chi connectivity index (χ0v) is 8.99. The lowest BCUT2D eigenvalue weighted by atomic mass is 9.85. The summed E-state index contributed by atoms with van der Waals surface area (Å²) in [5.74, 6) is 0.122. The number of carboxylic acid groups (broad SMARTS) is 1. The van der Waals surface area contributed by atoms with Gasteiger partial charge >= 0.3 is 13.6 Å². The van der Waals surface area contributed by atoms with Crippen LogP contribution in [0.4, 0.5) is 4.79 Å². The first-order chi connectivity index (χ1) is 7.59. The van der Waals surface area contributed by atoms with Crippen LogP contribution in [0.15, 0.2) is 12.1 Å². The van der Waals surface area contributed by atoms with Crippen LogP contribution in [-0.2, 0) is 4.65 Å². The van der Waals surface area contributed by atoms with E-state index in [1.807, 2.05) is 0 Å². The highest BCUT2D eigenvalue weighted by molar-refractivity contribution is 6.51. The smallest absolute Gasteiger partial charge is 0.404 e. The van der Waals surface area contributed by atoms with Crippen molar-refractivity contribution in [3.8, 4) is 5.75 Å². The van der Waals surface area contributed by atoms with Gasteiger partial charge in [0.1, 0.15) is 5.75 Å². The number of amides is 1. The average Bonchev–Trinajstić information content (AvgIpc) is 2.65. The molecule has 5 nitrogen and oxygen atoms in total. The van der Waals surface area contributed by atoms with Gasteiger partial charge in [0.2, 0.25) is 0 Å². The molecule has 0 fully saturated rings. The maximum Gasteiger partial charge on any atom is 0.404 e. The van der Waals surface area contributed by atoms with E-state index in [4.69, 9.17) is 21.4 Å². The third kappa shape index (κ3) is 1.94. The van der Waals surface area contributed by atoms with Gasteiger partial charge in [-0.25, -0.2) is 4.79 Å². The molecule has 2 rings (SSSR count). The molecule has 0 saturated heterocycles. The fourth-order valence-electron chi connectivity index (χ4n) is 1.73. The van der Waals surface area contributed by atoms with Gasteiger partial charge in [0.05, 0.1) is 6.10 Å². The highest BCUT2D eigenvalue weighted by Gasteiger charge is 2.29. The number of rotatable bonds is 2. The Labute approximate surface area is 97.3 Å². The zero-order valence-electron chi connectivity index (χ0n) is 8.24. The Morgan fingerprint density at radius 3 is 3.06 bits per heavy atom. The van der Waals surface area contributed by atoms with Crippen molar-refractivity contribution in [2.45, 2.75) is 6.10 Å². The maximum atomic E-state index is 10.4. The Morgan fingerprint density at radius 1 is 1.62 bits per heavy atom. The van der Waals surface area contributed by atoms with Gasteiger partial charge in [-0.15, -0.1) is 0 Å². The molecule has 1 aromatic carbocycles. The Balaban J connectivity index is 2.25. The molecule has 84 valence electrons. The van der Waals surface area contributed by atoms with E-state index < -0.39 is 12.2 Å². The third-order valence-corrected chi connectivity index (χ3v) is 2.80. The summed E-state index contributed by atoms with van der Waals surface area (Å²) in [7, 11) is 0.244. The van der Waals surface area contributed by atoms with Gasteiger partial charge in [-0.2, -0.15) is 0 Å². The van der Waals surface area contributed by atoms with Crippen molar-refractivity contribution in [1.82, 2.24) is 5.32 Å². The molecule has 0 radical (unpaired) electrons. The predicted octanol–water partition coefficient (Wildman–Crippen LogP) is 0.361. The first kappa shape index (κ1) is 11.1. The fourth-order valence-corrected chi connectivity index (χ4v) is 2.03. The maximum absolute atomic E-state index is 10.4. The zero-order chi connectivity index (χ0) is 11.7. The van der Waals surface area contributed by atoms with Gasteiger partial charge < -0.3 is 20.2 Å². The lowest BCUT2D eigenvalue weighted by molar-refractivity contribution is 0.180. The lowest BCUT2D eigenvalue weighted by Gasteiger charge is -2.13. The Morgan fingerprint density at radius 2 is 2.38 bits per heavy atom. The van der Waals surface area contributed by atoms with Crippen LogP contribution in [0.2, 0.25) is 5.02 Å². The molecule has 0 bridgehead atoms. The fraction of sp³-hybridized carbons (Fsp3) is 0.222. The molecule has 1 atom stereocenters. The van der Waals surface area contributed by atoms with Gasteiger partial charge in [0.15, 0.2) is 0 Å². The topological polar surface area (TPSA) is 78.8 Å². The minimum atomic E-state index is -1.12. The molecule has 7 heteroatoms. The number of phenolic OH excluding ortho intramolecular Hbond substituents is 1. The molecule has 16 heavy (non-hydrogen) atoms. The third-order valence-electron chi connectivity index (χ3n) is 2.47. The average molecular weight is 241 g/mol. The van der Waals surface area contributed by atoms with Gasteiger partial charge in [0.25, 0.3) is 0 Å². The Bertz CT molecular complexity index is 440. The van der Waals surface area contributed by atoms with Crippen LogP contribution >= 0.6 is 11.6 Å². The van der Waals surface area contributed by atoms with E-state index in [-0.39, 0.29) is 19.8 Å². The minimum absolute atomic E-state index is 0.117. The number of nitrogens with one attached hydrogen (secondary N) is 1. The molecule has 1 unspecified atom stereocenters. The molecule has 3 N–H and O–H groups in total. The van der Waals surface area contributed by atoms with Crippen LogP contribution in [0.25, 0.3) is 0 Å². The summed E-state index contributed by atoms with van der Waals surface area (Å²) in [5, 5.41) is 20.8. The molecule has 1 aromatic rings. The van der Waals surface area contributed by atoms with E-state index in [1.54, 1.807) is 6.07 Å². The number of aromatic hydroxyl groups is 1. The van der Waals surface area contributed by atoms with E-state index in [9.17, 15) is 9.90 Å². The number of fused-ring (bicyclic) bond motifs is 1. The Hall–Kier alpha value is -1.40. The van der Waals surface area contributed by atoms with Crippen LogP contribution in [0, 0.1) is 0 Å². The SMILES string of the molecule is O=C(O)NCC1OBc2c(O)ccc(Cl)c21. The van der Waals surface area contributed by atoms with Crippen molar-refractivity contribution in [3.05, 3.63) is 22.7 Å². The molecule has 1 aliphatic heterocycles. The van der Waals surface area contributed by atoms with Crippen LogP contribution < -0.4 is 10.8 Å². The largest absolute Gasteiger partial charge is 0.508 e. The highest BCUT2D eigenvalue weighted by Crippen LogP contribution is 2.30. The number of hydrogen-bond donors (Lipinski definition) is 3. The van der Waals surface area contributed by atoms with Crippen LogP contribution in [0.1, 0.15) is 11.7 Å². The predicted molar refractivity (Wildman–Crippen MR) is 59.8 cm³/mol. The summed E-state index contributed by atoms with van der Waals surface area (Å²) in [6, 6.07) is 3.07. The summed E-state index contributed by atoms with van der Waals surface area (Å²) in [5.41, 5.74) is 1.29. The molecule has 0 aliphatic carbocycles. The first-order valence-electron chi connectivity index (χ1n) is 4.68. The minimum Gasteiger partial charge on any atom is -0.508 e. The molecule has 0 aromatic heterocycles. The molecule has 1 heterocycles. The highest BCUT2D eigenvalue weighted by atomic mass is 35.5. The van der Waals surface area contributed by atoms with Gasteiger partial charge in [-0.3, -0.25) is 0 Å². The van der Waals surface area contributed by atoms with Crippen molar-refractivity contribution in [3.63, 3.8) is 0 Å². The number of phenols is 1. The summed E-state index contributed by atoms with van der Waals surface area (Å²) in [6.45, 7) is 0.117. The van der Waals surface area contributed by atoms with E-state index in [1.165, 1.54) is 6.07 Å². The Kier molecular flexibility index (Phi) is 2.94. The van der Waals surface area contributed by atoms with Crippen LogP contribution in [0.5, 0.6) is 5.75 Å². The van der Waals surface area contributed by atoms with E-state index >= 15 is 0 Å². The van der Waals surface area contributed by atoms with Gasteiger partial charge in [-0.05, 0) is 23.2 Å². The van der Waals surface area contributed by atoms with Gasteiger partial charge in [0, 0.05) is 11.6 Å². The second-order valence-corrected chi connectivity index (χ2v) is 3.85. The molecule has 1 amide bonds. The number of carbonyl (C=O) groups is 1. The summed E-state index contributed by atoms with van der Waals surface area (Å²) < 4.78 is 5.37. The molecule has 0 spiro atoms. The molecular formula is C9H9BClNO4. The van der Waals surface area contributed by atoms with Gasteiger partial charge in [-0.1, -0.05) is 11.6 Å². The summed E-state index contributed by atoms with van der Waals surface area (Å²) in [6.07, 6.45) is -1.56. The monoisotopic (exact) mass is 241 g/mol. The first-order valence-corrected chi connectivity index (χ1v) is 5.06. The second-order valence-electron chi connectivity index (χ2n) is 3.44. The van der Waals surface area contributed by atoms with E-state index in [0.29, 0.717) is 16.0 Å². The summed E-state index contributed by atoms with van der Waals surface area (Å²) in [4.78, 5) is 10.4. The van der Waals surface area contributed by atoms with Crippen molar-refractivity contribution in [1.29, 1.82) is 0 Å². The standard InChI is InChI=1S/C9H9BClNO4/c11-4-1-2-5(13)8-7(4)6(16-10-8)3-12-9(14)15/h1-2,6,10,12-13H,3H2,(H,14,15). The van der Waals surface area contributed by atoms with Crippen molar-refractivity contribution in [2.24, 2.45) is 0 Å². The number of benzene rings is 1. The van der Waals surface area contributed by atoms with Crippen molar-refractivity contribution >= 4 is 30.6 Å². The molecule has 0 saturated carbocycles. The molecule has 1 aliphatic rings. The van der Waals surface area contributed by atoms with Crippen LogP contribution in [-0.4, -0.2) is 30.3 Å².